The lowest BCUT2D eigenvalue weighted by atomic mass is 9.96. The summed E-state index contributed by atoms with van der Waals surface area (Å²) >= 11 is 0. The summed E-state index contributed by atoms with van der Waals surface area (Å²) in [5.74, 6) is 4.87. The molecule has 10 nitrogen and oxygen atoms in total. The fourth-order valence-electron chi connectivity index (χ4n) is 6.53. The fourth-order valence-corrected chi connectivity index (χ4v) is 6.53. The van der Waals surface area contributed by atoms with Gasteiger partial charge in [0, 0.05) is 23.6 Å². The van der Waals surface area contributed by atoms with Gasteiger partial charge in [0.25, 0.3) is 0 Å². The predicted molar refractivity (Wildman–Crippen MR) is 215 cm³/mol. The number of allylic oxidation sites excluding steroid dienone is 2. The molecule has 0 saturated carbocycles. The van der Waals surface area contributed by atoms with E-state index in [9.17, 15) is 9.59 Å². The van der Waals surface area contributed by atoms with Crippen LogP contribution in [-0.2, 0) is 4.74 Å². The summed E-state index contributed by atoms with van der Waals surface area (Å²) < 4.78 is 46.2. The van der Waals surface area contributed by atoms with Gasteiger partial charge >= 0.3 is 11.5 Å². The van der Waals surface area contributed by atoms with Crippen LogP contribution in [0.25, 0.3) is 46.3 Å². The van der Waals surface area contributed by atoms with Crippen LogP contribution in [0.3, 0.4) is 0 Å². The standard InChI is InChI=1S/C46H39O10/c1-49-31-21-29(22-32(25-31)50-2)41-17-27(19-43(55-41)35-11-7-9-13-39(35)53-5)15-37-45(47)38(46(37)48)16-28-18-42(30-23-33(51-3)26-34(24-30)52-4)56-44(20-28)36-12-8-10-14-40(36)54-6/h7-27H,1-6H3/q+1. The minimum absolute atomic E-state index is 0.0466. The van der Waals surface area contributed by atoms with Gasteiger partial charge in [-0.25, -0.2) is 4.42 Å². The molecule has 1 aliphatic rings. The lowest BCUT2D eigenvalue weighted by Gasteiger charge is -2.22. The molecule has 282 valence electrons. The molecular weight excluding hydrogens is 712 g/mol. The van der Waals surface area contributed by atoms with Crippen molar-refractivity contribution in [1.82, 2.24) is 0 Å². The minimum Gasteiger partial charge on any atom is -0.497 e. The van der Waals surface area contributed by atoms with Crippen molar-refractivity contribution in [3.63, 3.8) is 0 Å². The van der Waals surface area contributed by atoms with Gasteiger partial charge in [0.05, 0.1) is 76.4 Å². The molecule has 1 aromatic heterocycles. The monoisotopic (exact) mass is 751 g/mol. The lowest BCUT2D eigenvalue weighted by Crippen LogP contribution is -2.64. The van der Waals surface area contributed by atoms with Gasteiger partial charge in [-0.3, -0.25) is 9.59 Å². The summed E-state index contributed by atoms with van der Waals surface area (Å²) in [6.07, 6.45) is 6.93. The van der Waals surface area contributed by atoms with E-state index in [2.05, 4.69) is 0 Å². The number of methoxy groups -OCH3 is 6. The molecule has 0 bridgehead atoms. The average Bonchev–Trinajstić information content (AvgIpc) is 3.26. The van der Waals surface area contributed by atoms with Crippen molar-refractivity contribution in [2.24, 2.45) is 5.92 Å². The second kappa shape index (κ2) is 16.1. The Bertz CT molecular complexity index is 2620. The molecule has 0 amide bonds. The first-order valence-electron chi connectivity index (χ1n) is 17.6. The highest BCUT2D eigenvalue weighted by Crippen LogP contribution is 2.39. The maximum absolute atomic E-state index is 13.8. The first-order chi connectivity index (χ1) is 27.2. The molecule has 0 fully saturated rings. The quantitative estimate of drug-likeness (QED) is 0.123. The van der Waals surface area contributed by atoms with E-state index in [0.717, 1.165) is 0 Å². The molecule has 1 aliphatic heterocycles. The lowest BCUT2D eigenvalue weighted by molar-refractivity contribution is 0.391. The fraction of sp³-hybridized carbons (Fsp3) is 0.152. The molecule has 0 N–H and O–H groups in total. The van der Waals surface area contributed by atoms with Crippen LogP contribution >= 0.6 is 0 Å². The summed E-state index contributed by atoms with van der Waals surface area (Å²) in [5, 5.41) is 0.117. The van der Waals surface area contributed by atoms with E-state index in [1.165, 1.54) is 0 Å². The van der Waals surface area contributed by atoms with Gasteiger partial charge in [0.1, 0.15) is 51.6 Å². The molecule has 0 spiro atoms. The molecule has 10 heteroatoms. The van der Waals surface area contributed by atoms with Crippen molar-refractivity contribution < 1.29 is 37.6 Å². The van der Waals surface area contributed by atoms with E-state index < -0.39 is 5.92 Å². The Balaban J connectivity index is 1.36. The highest BCUT2D eigenvalue weighted by Gasteiger charge is 2.25. The van der Waals surface area contributed by atoms with Crippen LogP contribution in [-0.4, -0.2) is 42.7 Å². The Morgan fingerprint density at radius 3 is 1.61 bits per heavy atom. The topological polar surface area (TPSA) is 110 Å². The second-order valence-corrected chi connectivity index (χ2v) is 12.8. The Morgan fingerprint density at radius 2 is 1.04 bits per heavy atom. The first kappa shape index (κ1) is 37.3. The highest BCUT2D eigenvalue weighted by molar-refractivity contribution is 5.78. The number of rotatable bonds is 12. The summed E-state index contributed by atoms with van der Waals surface area (Å²) in [6, 6.07) is 29.2. The molecule has 0 radical (unpaired) electrons. The number of para-hydroxylation sites is 2. The van der Waals surface area contributed by atoms with E-state index in [0.29, 0.717) is 85.4 Å². The third kappa shape index (κ3) is 7.50. The van der Waals surface area contributed by atoms with E-state index in [1.807, 2.05) is 84.9 Å². The normalized spacial score (nSPS) is 13.5. The van der Waals surface area contributed by atoms with E-state index in [4.69, 9.17) is 37.6 Å². The molecule has 56 heavy (non-hydrogen) atoms. The van der Waals surface area contributed by atoms with Crippen molar-refractivity contribution in [3.8, 4) is 57.1 Å². The number of benzene rings is 4. The SMILES string of the molecule is COc1cc(OC)cc(C2=CC(C=c3c(=O)c(=Cc4cc(-c5cc(OC)cc(OC)c5)[o+]c(-c5ccccc5OC)c4)c3=O)C=C(c3ccccc3OC)O2)c1. The number of hydrogen-bond donors (Lipinski definition) is 0. The van der Waals surface area contributed by atoms with Crippen LogP contribution in [0.1, 0.15) is 16.7 Å². The highest BCUT2D eigenvalue weighted by atomic mass is 16.5. The van der Waals surface area contributed by atoms with Crippen molar-refractivity contribution in [2.75, 3.05) is 42.7 Å². The molecule has 0 aliphatic carbocycles. The average molecular weight is 752 g/mol. The molecular formula is C46H39O10+. The minimum atomic E-state index is -0.498. The van der Waals surface area contributed by atoms with Crippen molar-refractivity contribution in [1.29, 1.82) is 0 Å². The molecule has 7 rings (SSSR count). The van der Waals surface area contributed by atoms with Gasteiger partial charge in [-0.15, -0.1) is 0 Å². The molecule has 1 atom stereocenters. The van der Waals surface area contributed by atoms with E-state index in [-0.39, 0.29) is 21.3 Å². The van der Waals surface area contributed by atoms with Crippen molar-refractivity contribution >= 4 is 23.7 Å². The summed E-state index contributed by atoms with van der Waals surface area (Å²) in [7, 11) is 9.44. The van der Waals surface area contributed by atoms with Crippen LogP contribution < -0.4 is 49.7 Å². The van der Waals surface area contributed by atoms with Crippen LogP contribution in [0.15, 0.2) is 123 Å². The third-order valence-electron chi connectivity index (χ3n) is 9.39. The maximum Gasteiger partial charge on any atom is 0.365 e. The summed E-state index contributed by atoms with van der Waals surface area (Å²) in [5.41, 5.74) is 2.55. The molecule has 0 saturated heterocycles. The molecule has 1 unspecified atom stereocenters. The van der Waals surface area contributed by atoms with Crippen LogP contribution in [0.4, 0.5) is 0 Å². The largest absolute Gasteiger partial charge is 0.497 e. The summed E-state index contributed by atoms with van der Waals surface area (Å²) in [6.45, 7) is 0. The third-order valence-corrected chi connectivity index (χ3v) is 9.39. The Labute approximate surface area is 323 Å². The maximum atomic E-state index is 13.8. The smallest absolute Gasteiger partial charge is 0.365 e. The van der Waals surface area contributed by atoms with Gasteiger partial charge < -0.3 is 33.2 Å². The van der Waals surface area contributed by atoms with Gasteiger partial charge in [-0.1, -0.05) is 30.3 Å². The summed E-state index contributed by atoms with van der Waals surface area (Å²) in [4.78, 5) is 27.7. The molecule has 5 aromatic carbocycles. The van der Waals surface area contributed by atoms with Gasteiger partial charge in [0.15, 0.2) is 0 Å². The number of hydrogen-bond acceptors (Lipinski definition) is 9. The zero-order valence-corrected chi connectivity index (χ0v) is 31.7. The van der Waals surface area contributed by atoms with Crippen molar-refractivity contribution in [2.45, 2.75) is 0 Å². The zero-order chi connectivity index (χ0) is 39.3. The van der Waals surface area contributed by atoms with Gasteiger partial charge in [0.2, 0.25) is 10.9 Å². The van der Waals surface area contributed by atoms with Crippen LogP contribution in [0, 0.1) is 5.92 Å². The zero-order valence-electron chi connectivity index (χ0n) is 31.7. The van der Waals surface area contributed by atoms with Gasteiger partial charge in [-0.05, 0) is 72.3 Å². The van der Waals surface area contributed by atoms with Crippen LogP contribution in [0.5, 0.6) is 34.5 Å². The Hall–Kier alpha value is -7.07. The van der Waals surface area contributed by atoms with Crippen LogP contribution in [0.2, 0.25) is 0 Å². The van der Waals surface area contributed by atoms with Crippen molar-refractivity contribution in [3.05, 3.63) is 157 Å². The van der Waals surface area contributed by atoms with Gasteiger partial charge in [-0.2, -0.15) is 0 Å². The Kier molecular flexibility index (Phi) is 10.7. The molecule has 2 heterocycles. The predicted octanol–water partition coefficient (Wildman–Crippen LogP) is 6.88. The first-order valence-corrected chi connectivity index (χ1v) is 17.6. The number of ether oxygens (including phenoxy) is 7. The molecule has 6 aromatic rings. The second-order valence-electron chi connectivity index (χ2n) is 12.8. The van der Waals surface area contributed by atoms with E-state index >= 15 is 0 Å². The van der Waals surface area contributed by atoms with E-state index in [1.54, 1.807) is 79.1 Å². The Morgan fingerprint density at radius 1 is 0.536 bits per heavy atom.